The van der Waals surface area contributed by atoms with Crippen LogP contribution in [0.2, 0.25) is 18.1 Å². The summed E-state index contributed by atoms with van der Waals surface area (Å²) >= 11 is 0. The Bertz CT molecular complexity index is 621. The van der Waals surface area contributed by atoms with Crippen LogP contribution in [0, 0.1) is 0 Å². The Kier molecular flexibility index (Phi) is 7.67. The van der Waals surface area contributed by atoms with Gasteiger partial charge in [0.15, 0.2) is 14.1 Å². The van der Waals surface area contributed by atoms with Crippen LogP contribution in [0.5, 0.6) is 0 Å². The summed E-state index contributed by atoms with van der Waals surface area (Å²) in [6.07, 6.45) is 2.19. The molecule has 2 rings (SSSR count). The third-order valence-corrected chi connectivity index (χ3v) is 10.1. The Hall–Kier alpha value is -0.983. The lowest BCUT2D eigenvalue weighted by Crippen LogP contribution is -2.49. The first-order valence-corrected chi connectivity index (χ1v) is 13.1. The van der Waals surface area contributed by atoms with E-state index in [2.05, 4.69) is 52.6 Å². The maximum Gasteiger partial charge on any atom is 0.192 e. The molecule has 0 radical (unpaired) electrons. The van der Waals surface area contributed by atoms with Crippen molar-refractivity contribution < 1.29 is 18.6 Å². The Morgan fingerprint density at radius 3 is 2.39 bits per heavy atom. The predicted molar refractivity (Wildman–Crippen MR) is 117 cm³/mol. The second-order valence-corrected chi connectivity index (χ2v) is 14.3. The number of rotatable bonds is 9. The van der Waals surface area contributed by atoms with E-state index in [1.165, 1.54) is 0 Å². The summed E-state index contributed by atoms with van der Waals surface area (Å²) in [5, 5.41) is 0.126. The normalized spacial score (nSPS) is 23.5. The van der Waals surface area contributed by atoms with E-state index in [0.29, 0.717) is 13.2 Å². The van der Waals surface area contributed by atoms with Gasteiger partial charge in [-0.25, -0.2) is 0 Å². The third kappa shape index (κ3) is 6.26. The van der Waals surface area contributed by atoms with Crippen molar-refractivity contribution in [2.24, 2.45) is 0 Å². The maximum absolute atomic E-state index is 6.72. The van der Waals surface area contributed by atoms with Crippen LogP contribution in [0.1, 0.15) is 46.6 Å². The molecule has 0 spiro atoms. The molecule has 0 aromatic heterocycles. The zero-order valence-corrected chi connectivity index (χ0v) is 19.7. The molecule has 158 valence electrons. The molecule has 28 heavy (non-hydrogen) atoms. The SMILES string of the molecule is C=CC[C@@H](O[Si](C)(C)C(C)(C)C)[C@H]1OC(C)(C)O[C@@H]1COCc1ccccc1. The van der Waals surface area contributed by atoms with Gasteiger partial charge in [-0.05, 0) is 44.0 Å². The van der Waals surface area contributed by atoms with Gasteiger partial charge in [0, 0.05) is 0 Å². The van der Waals surface area contributed by atoms with Crippen molar-refractivity contribution in [3.05, 3.63) is 48.6 Å². The van der Waals surface area contributed by atoms with E-state index in [4.69, 9.17) is 18.6 Å². The fourth-order valence-corrected chi connectivity index (χ4v) is 4.48. The largest absolute Gasteiger partial charge is 0.411 e. The smallest absolute Gasteiger partial charge is 0.192 e. The first kappa shape index (κ1) is 23.3. The summed E-state index contributed by atoms with van der Waals surface area (Å²) < 4.78 is 25.2. The van der Waals surface area contributed by atoms with Crippen molar-refractivity contribution in [3.63, 3.8) is 0 Å². The van der Waals surface area contributed by atoms with Gasteiger partial charge in [-0.3, -0.25) is 0 Å². The highest BCUT2D eigenvalue weighted by Gasteiger charge is 2.48. The molecule has 1 aliphatic heterocycles. The molecular formula is C23H38O4Si. The number of hydrogen-bond donors (Lipinski definition) is 0. The van der Waals surface area contributed by atoms with Crippen molar-refractivity contribution >= 4 is 8.32 Å². The molecule has 1 aromatic rings. The van der Waals surface area contributed by atoms with Gasteiger partial charge in [-0.2, -0.15) is 0 Å². The van der Waals surface area contributed by atoms with Gasteiger partial charge >= 0.3 is 0 Å². The second-order valence-electron chi connectivity index (χ2n) is 9.58. The third-order valence-electron chi connectivity index (χ3n) is 5.63. The van der Waals surface area contributed by atoms with Crippen LogP contribution in [-0.2, 0) is 25.2 Å². The van der Waals surface area contributed by atoms with E-state index >= 15 is 0 Å². The van der Waals surface area contributed by atoms with Crippen LogP contribution < -0.4 is 0 Å². The minimum absolute atomic E-state index is 0.0921. The Labute approximate surface area is 172 Å². The van der Waals surface area contributed by atoms with E-state index in [1.807, 2.05) is 38.1 Å². The monoisotopic (exact) mass is 406 g/mol. The fraction of sp³-hybridized carbons (Fsp3) is 0.652. The van der Waals surface area contributed by atoms with Crippen LogP contribution in [0.4, 0.5) is 0 Å². The molecule has 0 aliphatic carbocycles. The minimum Gasteiger partial charge on any atom is -0.411 e. The Morgan fingerprint density at radius 2 is 1.82 bits per heavy atom. The zero-order valence-electron chi connectivity index (χ0n) is 18.7. The van der Waals surface area contributed by atoms with Crippen molar-refractivity contribution in [3.8, 4) is 0 Å². The molecule has 5 heteroatoms. The van der Waals surface area contributed by atoms with Gasteiger partial charge in [-0.1, -0.05) is 57.2 Å². The molecule has 1 saturated heterocycles. The van der Waals surface area contributed by atoms with Crippen molar-refractivity contribution in [1.29, 1.82) is 0 Å². The molecule has 3 atom stereocenters. The second kappa shape index (κ2) is 9.22. The molecule has 4 nitrogen and oxygen atoms in total. The lowest BCUT2D eigenvalue weighted by molar-refractivity contribution is -0.157. The minimum atomic E-state index is -1.96. The highest BCUT2D eigenvalue weighted by molar-refractivity contribution is 6.74. The van der Waals surface area contributed by atoms with Crippen molar-refractivity contribution in [2.75, 3.05) is 6.61 Å². The maximum atomic E-state index is 6.72. The van der Waals surface area contributed by atoms with Crippen molar-refractivity contribution in [1.82, 2.24) is 0 Å². The average Bonchev–Trinajstić information content (AvgIpc) is 2.89. The van der Waals surface area contributed by atoms with Crippen LogP contribution in [-0.4, -0.2) is 39.0 Å². The highest BCUT2D eigenvalue weighted by Crippen LogP contribution is 2.40. The van der Waals surface area contributed by atoms with Gasteiger partial charge in [0.1, 0.15) is 12.2 Å². The summed E-state index contributed by atoms with van der Waals surface area (Å²) in [5.74, 6) is -0.651. The van der Waals surface area contributed by atoms with E-state index in [1.54, 1.807) is 0 Å². The molecule has 0 unspecified atom stereocenters. The van der Waals surface area contributed by atoms with Crippen molar-refractivity contribution in [2.45, 2.75) is 89.9 Å². The van der Waals surface area contributed by atoms with Crippen LogP contribution in [0.15, 0.2) is 43.0 Å². The highest BCUT2D eigenvalue weighted by atomic mass is 28.4. The molecule has 1 aromatic carbocycles. The van der Waals surface area contributed by atoms with Gasteiger partial charge < -0.3 is 18.6 Å². The van der Waals surface area contributed by atoms with Crippen LogP contribution in [0.25, 0.3) is 0 Å². The summed E-state index contributed by atoms with van der Waals surface area (Å²) in [6.45, 7) is 20.2. The van der Waals surface area contributed by atoms with E-state index in [9.17, 15) is 0 Å². The average molecular weight is 407 g/mol. The number of hydrogen-bond acceptors (Lipinski definition) is 4. The molecule has 0 amide bonds. The summed E-state index contributed by atoms with van der Waals surface area (Å²) in [4.78, 5) is 0. The molecule has 1 heterocycles. The zero-order chi connectivity index (χ0) is 21.0. The van der Waals surface area contributed by atoms with E-state index in [-0.39, 0.29) is 23.4 Å². The fourth-order valence-electron chi connectivity index (χ4n) is 3.14. The van der Waals surface area contributed by atoms with Crippen LogP contribution >= 0.6 is 0 Å². The van der Waals surface area contributed by atoms with Crippen LogP contribution in [0.3, 0.4) is 0 Å². The topological polar surface area (TPSA) is 36.9 Å². The molecule has 0 bridgehead atoms. The van der Waals surface area contributed by atoms with Gasteiger partial charge in [0.25, 0.3) is 0 Å². The molecule has 1 aliphatic rings. The summed E-state index contributed by atoms with van der Waals surface area (Å²) in [6, 6.07) is 10.2. The number of ether oxygens (including phenoxy) is 3. The van der Waals surface area contributed by atoms with Gasteiger partial charge in [0.05, 0.1) is 19.3 Å². The summed E-state index contributed by atoms with van der Waals surface area (Å²) in [5.41, 5.74) is 1.15. The molecule has 1 fully saturated rings. The van der Waals surface area contributed by atoms with E-state index < -0.39 is 14.1 Å². The Balaban J connectivity index is 2.09. The first-order chi connectivity index (χ1) is 13.0. The number of benzene rings is 1. The molecule has 0 saturated carbocycles. The quantitative estimate of drug-likeness (QED) is 0.390. The van der Waals surface area contributed by atoms with E-state index in [0.717, 1.165) is 12.0 Å². The lowest BCUT2D eigenvalue weighted by atomic mass is 10.1. The summed E-state index contributed by atoms with van der Waals surface area (Å²) in [7, 11) is -1.96. The van der Waals surface area contributed by atoms with Gasteiger partial charge in [0.2, 0.25) is 0 Å². The molecular weight excluding hydrogens is 368 g/mol. The standard InChI is InChI=1S/C23H38O4Si/c1-9-13-19(27-28(7,8)22(2,3)4)21-20(25-23(5,6)26-21)17-24-16-18-14-11-10-12-15-18/h9-12,14-15,19-21H,1,13,16-17H2,2-8H3/t19-,20-,21-/m1/s1. The Morgan fingerprint density at radius 1 is 1.18 bits per heavy atom. The molecule has 0 N–H and O–H groups in total. The van der Waals surface area contributed by atoms with Gasteiger partial charge in [-0.15, -0.1) is 6.58 Å². The lowest BCUT2D eigenvalue weighted by Gasteiger charge is -2.41. The first-order valence-electron chi connectivity index (χ1n) is 10.2. The predicted octanol–water partition coefficient (Wildman–Crippen LogP) is 5.69.